The summed E-state index contributed by atoms with van der Waals surface area (Å²) in [4.78, 5) is 14.3. The van der Waals surface area contributed by atoms with E-state index in [1.807, 2.05) is 0 Å². The first-order valence-corrected chi connectivity index (χ1v) is 6.63. The lowest BCUT2D eigenvalue weighted by Gasteiger charge is -2.23. The van der Waals surface area contributed by atoms with Crippen LogP contribution in [-0.4, -0.2) is 33.7 Å². The zero-order valence-electron chi connectivity index (χ0n) is 11.4. The molecule has 0 radical (unpaired) electrons. The Hall–Kier alpha value is -1.63. The number of aryl methyl sites for hydroxylation is 1. The quantitative estimate of drug-likeness (QED) is 0.647. The fraction of sp³-hybridized carbons (Fsp3) is 0.750. The molecule has 0 saturated carbocycles. The van der Waals surface area contributed by atoms with E-state index in [4.69, 9.17) is 4.74 Å². The summed E-state index contributed by atoms with van der Waals surface area (Å²) in [7, 11) is 1.73. The van der Waals surface area contributed by atoms with Crippen molar-refractivity contribution in [2.24, 2.45) is 7.05 Å². The van der Waals surface area contributed by atoms with Crippen LogP contribution in [0.4, 0.5) is 5.82 Å². The van der Waals surface area contributed by atoms with Crippen LogP contribution in [0.3, 0.4) is 0 Å². The van der Waals surface area contributed by atoms with Gasteiger partial charge in [-0.2, -0.15) is 0 Å². The first-order chi connectivity index (χ1) is 9.09. The molecule has 0 aromatic carbocycles. The topological polar surface area (TPSA) is 82.2 Å². The Morgan fingerprint density at radius 2 is 2.37 bits per heavy atom. The summed E-state index contributed by atoms with van der Waals surface area (Å²) < 4.78 is 7.19. The molecule has 1 unspecified atom stereocenters. The van der Waals surface area contributed by atoms with Gasteiger partial charge in [-0.15, -0.1) is 0 Å². The van der Waals surface area contributed by atoms with Crippen LogP contribution in [0.25, 0.3) is 0 Å². The Labute approximate surface area is 112 Å². The molecule has 1 aliphatic heterocycles. The van der Waals surface area contributed by atoms with E-state index < -0.39 is 4.92 Å². The molecule has 0 amide bonds. The van der Waals surface area contributed by atoms with Gasteiger partial charge in [0.2, 0.25) is 5.82 Å². The van der Waals surface area contributed by atoms with E-state index in [2.05, 4.69) is 10.3 Å². The zero-order valence-corrected chi connectivity index (χ0v) is 11.4. The highest BCUT2D eigenvalue weighted by molar-refractivity contribution is 5.35. The van der Waals surface area contributed by atoms with Gasteiger partial charge >= 0.3 is 5.82 Å². The molecular weight excluding hydrogens is 248 g/mol. The summed E-state index contributed by atoms with van der Waals surface area (Å²) in [5.41, 5.74) is 0. The minimum atomic E-state index is -0.499. The molecule has 0 spiro atoms. The van der Waals surface area contributed by atoms with E-state index in [1.54, 1.807) is 18.5 Å². The number of hydrogen-bond acceptors (Lipinski definition) is 5. The molecule has 0 bridgehead atoms. The number of ether oxygens (including phenoxy) is 1. The third-order valence-electron chi connectivity index (χ3n) is 3.54. The lowest BCUT2D eigenvalue weighted by molar-refractivity contribution is -0.390. The van der Waals surface area contributed by atoms with Crippen LogP contribution in [0.1, 0.15) is 31.5 Å². The molecular formula is C12H20N4O3. The number of hydrogen-bond donors (Lipinski definition) is 1. The molecule has 1 aromatic rings. The maximum Gasteiger partial charge on any atom is 0.426 e. The molecule has 0 aliphatic carbocycles. The van der Waals surface area contributed by atoms with Crippen LogP contribution < -0.4 is 10.1 Å². The highest BCUT2D eigenvalue weighted by Gasteiger charge is 2.25. The Morgan fingerprint density at radius 1 is 1.58 bits per heavy atom. The van der Waals surface area contributed by atoms with Crippen molar-refractivity contribution < 1.29 is 9.66 Å². The summed E-state index contributed by atoms with van der Waals surface area (Å²) in [6, 6.07) is 0.460. The van der Waals surface area contributed by atoms with Crippen LogP contribution >= 0.6 is 0 Å². The van der Waals surface area contributed by atoms with E-state index in [0.717, 1.165) is 19.4 Å². The predicted molar refractivity (Wildman–Crippen MR) is 70.4 cm³/mol. The fourth-order valence-electron chi connectivity index (χ4n) is 2.32. The van der Waals surface area contributed by atoms with Crippen LogP contribution in [0.2, 0.25) is 0 Å². The van der Waals surface area contributed by atoms with Gasteiger partial charge in [0, 0.05) is 20.0 Å². The van der Waals surface area contributed by atoms with Gasteiger partial charge in [-0.25, -0.2) is 0 Å². The second-order valence-electron chi connectivity index (χ2n) is 4.89. The number of rotatable bonds is 5. The van der Waals surface area contributed by atoms with E-state index in [9.17, 15) is 10.1 Å². The maximum absolute atomic E-state index is 10.9. The number of piperidine rings is 1. The Bertz CT molecular complexity index is 452. The van der Waals surface area contributed by atoms with Crippen molar-refractivity contribution in [3.8, 4) is 5.88 Å². The maximum atomic E-state index is 10.9. The molecule has 2 heterocycles. The first-order valence-electron chi connectivity index (χ1n) is 6.63. The van der Waals surface area contributed by atoms with Gasteiger partial charge in [-0.05, 0) is 35.7 Å². The first kappa shape index (κ1) is 13.8. The molecule has 1 aliphatic rings. The average Bonchev–Trinajstić information content (AvgIpc) is 2.68. The Balaban J connectivity index is 1.93. The van der Waals surface area contributed by atoms with E-state index in [-0.39, 0.29) is 11.7 Å². The lowest BCUT2D eigenvalue weighted by Crippen LogP contribution is -2.35. The number of nitro groups is 1. The van der Waals surface area contributed by atoms with Gasteiger partial charge in [-0.1, -0.05) is 6.42 Å². The SMILES string of the molecule is Cc1nc([N+](=O)[O-])c(OCCC2CCCCN2)n1C. The number of aromatic nitrogens is 2. The van der Waals surface area contributed by atoms with Gasteiger partial charge < -0.3 is 20.2 Å². The predicted octanol–water partition coefficient (Wildman–Crippen LogP) is 1.55. The molecule has 7 nitrogen and oxygen atoms in total. The molecule has 1 aromatic heterocycles. The molecule has 2 rings (SSSR count). The molecule has 19 heavy (non-hydrogen) atoms. The summed E-state index contributed by atoms with van der Waals surface area (Å²) in [6.45, 7) is 3.25. The standard InChI is InChI=1S/C12H20N4O3/c1-9-14-11(16(17)18)12(15(9)2)19-8-6-10-5-3-4-7-13-10/h10,13H,3-8H2,1-2H3. The van der Waals surface area contributed by atoms with Crippen LogP contribution in [0.5, 0.6) is 5.88 Å². The molecule has 1 N–H and O–H groups in total. The van der Waals surface area contributed by atoms with Crippen molar-refractivity contribution in [2.45, 2.75) is 38.6 Å². The fourth-order valence-corrected chi connectivity index (χ4v) is 2.32. The van der Waals surface area contributed by atoms with Gasteiger partial charge in [-0.3, -0.25) is 4.57 Å². The smallest absolute Gasteiger partial charge is 0.426 e. The van der Waals surface area contributed by atoms with Gasteiger partial charge in [0.25, 0.3) is 5.88 Å². The highest BCUT2D eigenvalue weighted by atomic mass is 16.6. The molecule has 1 saturated heterocycles. The number of nitrogens with zero attached hydrogens (tertiary/aromatic N) is 3. The summed E-state index contributed by atoms with van der Waals surface area (Å²) >= 11 is 0. The summed E-state index contributed by atoms with van der Waals surface area (Å²) in [5.74, 6) is 0.632. The highest BCUT2D eigenvalue weighted by Crippen LogP contribution is 2.26. The van der Waals surface area contributed by atoms with Gasteiger partial charge in [0.1, 0.15) is 0 Å². The van der Waals surface area contributed by atoms with E-state index >= 15 is 0 Å². The van der Waals surface area contributed by atoms with Crippen LogP contribution in [-0.2, 0) is 7.05 Å². The lowest BCUT2D eigenvalue weighted by atomic mass is 10.0. The van der Waals surface area contributed by atoms with E-state index in [0.29, 0.717) is 18.5 Å². The van der Waals surface area contributed by atoms with Gasteiger partial charge in [0.15, 0.2) is 0 Å². The Morgan fingerprint density at radius 3 is 3.00 bits per heavy atom. The minimum absolute atomic E-state index is 0.198. The second kappa shape index (κ2) is 6.01. The molecule has 7 heteroatoms. The van der Waals surface area contributed by atoms with Crippen molar-refractivity contribution >= 4 is 5.82 Å². The third-order valence-corrected chi connectivity index (χ3v) is 3.54. The molecule has 106 valence electrons. The second-order valence-corrected chi connectivity index (χ2v) is 4.89. The third kappa shape index (κ3) is 3.23. The number of nitrogens with one attached hydrogen (secondary N) is 1. The largest absolute Gasteiger partial charge is 0.473 e. The normalized spacial score (nSPS) is 19.4. The van der Waals surface area contributed by atoms with Crippen molar-refractivity contribution in [3.63, 3.8) is 0 Å². The van der Waals surface area contributed by atoms with Crippen molar-refractivity contribution in [2.75, 3.05) is 13.2 Å². The van der Waals surface area contributed by atoms with Crippen molar-refractivity contribution in [3.05, 3.63) is 15.9 Å². The summed E-state index contributed by atoms with van der Waals surface area (Å²) in [6.07, 6.45) is 4.48. The molecule has 1 atom stereocenters. The monoisotopic (exact) mass is 268 g/mol. The van der Waals surface area contributed by atoms with Crippen LogP contribution in [0.15, 0.2) is 0 Å². The van der Waals surface area contributed by atoms with Crippen molar-refractivity contribution in [1.29, 1.82) is 0 Å². The molecule has 1 fully saturated rings. The minimum Gasteiger partial charge on any atom is -0.473 e. The zero-order chi connectivity index (χ0) is 13.8. The van der Waals surface area contributed by atoms with Gasteiger partial charge in [0.05, 0.1) is 6.61 Å². The van der Waals surface area contributed by atoms with Crippen molar-refractivity contribution in [1.82, 2.24) is 14.9 Å². The Kier molecular flexibility index (Phi) is 4.36. The van der Waals surface area contributed by atoms with Crippen LogP contribution in [0, 0.1) is 17.0 Å². The van der Waals surface area contributed by atoms with E-state index in [1.165, 1.54) is 12.8 Å². The number of imidazole rings is 1. The average molecular weight is 268 g/mol. The summed E-state index contributed by atoms with van der Waals surface area (Å²) in [5, 5.41) is 14.3.